The molecular weight excluding hydrogens is 196 g/mol. The predicted molar refractivity (Wildman–Crippen MR) is 46.6 cm³/mol. The second kappa shape index (κ2) is 4.98. The van der Waals surface area contributed by atoms with E-state index < -0.39 is 21.0 Å². The first-order valence-corrected chi connectivity index (χ1v) is 5.13. The molecule has 0 spiro atoms. The largest absolute Gasteiger partial charge is 0.465 e. The van der Waals surface area contributed by atoms with Crippen LogP contribution < -0.4 is 0 Å². The lowest BCUT2D eigenvalue weighted by Gasteiger charge is -2.00. The third-order valence-electron chi connectivity index (χ3n) is 1.28. The van der Waals surface area contributed by atoms with Gasteiger partial charge in [-0.2, -0.15) is 8.42 Å². The lowest BCUT2D eigenvalue weighted by molar-refractivity contribution is -0.135. The van der Waals surface area contributed by atoms with Crippen LogP contribution in [0.2, 0.25) is 0 Å². The summed E-state index contributed by atoms with van der Waals surface area (Å²) in [6.45, 7) is 1.81. The van der Waals surface area contributed by atoms with Gasteiger partial charge in [-0.3, -0.25) is 4.55 Å². The van der Waals surface area contributed by atoms with E-state index in [2.05, 4.69) is 4.74 Å². The minimum absolute atomic E-state index is 0.393. The number of ether oxygens (including phenoxy) is 1. The van der Waals surface area contributed by atoms with Crippen LogP contribution in [0.4, 0.5) is 0 Å². The van der Waals surface area contributed by atoms with Gasteiger partial charge in [0.05, 0.1) is 7.11 Å². The van der Waals surface area contributed by atoms with Crippen LogP contribution in [0.1, 0.15) is 19.8 Å². The van der Waals surface area contributed by atoms with Gasteiger partial charge in [0, 0.05) is 0 Å². The quantitative estimate of drug-likeness (QED) is 0.418. The molecule has 0 unspecified atom stereocenters. The lowest BCUT2D eigenvalue weighted by Crippen LogP contribution is -2.14. The molecule has 0 aliphatic heterocycles. The Morgan fingerprint density at radius 3 is 2.38 bits per heavy atom. The van der Waals surface area contributed by atoms with E-state index in [4.69, 9.17) is 4.55 Å². The molecule has 13 heavy (non-hydrogen) atoms. The summed E-state index contributed by atoms with van der Waals surface area (Å²) in [5, 5.41) is 0. The molecule has 0 radical (unpaired) electrons. The van der Waals surface area contributed by atoms with Crippen LogP contribution in [0, 0.1) is 0 Å². The summed E-state index contributed by atoms with van der Waals surface area (Å²) in [7, 11) is -3.41. The Kier molecular flexibility index (Phi) is 4.64. The van der Waals surface area contributed by atoms with Crippen LogP contribution in [-0.2, 0) is 19.6 Å². The molecule has 6 heteroatoms. The molecule has 0 rings (SSSR count). The molecule has 0 heterocycles. The third kappa shape index (κ3) is 4.05. The van der Waals surface area contributed by atoms with E-state index in [-0.39, 0.29) is 0 Å². The lowest BCUT2D eigenvalue weighted by atomic mass is 10.3. The molecular formula is C7H12O5S. The fraction of sp³-hybridized carbons (Fsp3) is 0.571. The summed E-state index contributed by atoms with van der Waals surface area (Å²) in [6.07, 6.45) is 2.21. The topological polar surface area (TPSA) is 80.7 Å². The zero-order valence-electron chi connectivity index (χ0n) is 7.48. The number of methoxy groups -OCH3 is 1. The molecule has 0 aromatic heterocycles. The first-order chi connectivity index (χ1) is 5.93. The highest BCUT2D eigenvalue weighted by atomic mass is 32.2. The van der Waals surface area contributed by atoms with Crippen molar-refractivity contribution in [3.05, 3.63) is 11.0 Å². The zero-order chi connectivity index (χ0) is 10.5. The van der Waals surface area contributed by atoms with Crippen molar-refractivity contribution in [3.8, 4) is 0 Å². The molecule has 5 nitrogen and oxygen atoms in total. The molecule has 0 aliphatic carbocycles. The maximum atomic E-state index is 10.8. The number of allylic oxidation sites excluding steroid dienone is 1. The van der Waals surface area contributed by atoms with Crippen molar-refractivity contribution in [3.63, 3.8) is 0 Å². The first-order valence-electron chi connectivity index (χ1n) is 3.69. The SMILES string of the molecule is CCCC=C(C(=O)OC)S(=O)(=O)O. The number of unbranched alkanes of at least 4 members (excludes halogenated alkanes) is 1. The molecule has 0 saturated carbocycles. The van der Waals surface area contributed by atoms with E-state index in [0.29, 0.717) is 12.8 Å². The van der Waals surface area contributed by atoms with E-state index in [1.54, 1.807) is 0 Å². The maximum Gasteiger partial charge on any atom is 0.351 e. The van der Waals surface area contributed by atoms with E-state index >= 15 is 0 Å². The van der Waals surface area contributed by atoms with Crippen LogP contribution in [0.3, 0.4) is 0 Å². The number of hydrogen-bond acceptors (Lipinski definition) is 4. The van der Waals surface area contributed by atoms with Crippen LogP contribution in [0.5, 0.6) is 0 Å². The van der Waals surface area contributed by atoms with E-state index in [1.165, 1.54) is 0 Å². The summed E-state index contributed by atoms with van der Waals surface area (Å²) >= 11 is 0. The molecule has 0 bridgehead atoms. The van der Waals surface area contributed by atoms with E-state index in [1.807, 2.05) is 6.92 Å². The molecule has 1 N–H and O–H groups in total. The van der Waals surface area contributed by atoms with Crippen molar-refractivity contribution in [2.75, 3.05) is 7.11 Å². The number of rotatable bonds is 4. The van der Waals surface area contributed by atoms with Gasteiger partial charge in [0.15, 0.2) is 4.91 Å². The minimum Gasteiger partial charge on any atom is -0.465 e. The van der Waals surface area contributed by atoms with Gasteiger partial charge in [0.2, 0.25) is 0 Å². The third-order valence-corrected chi connectivity index (χ3v) is 2.17. The van der Waals surface area contributed by atoms with Crippen molar-refractivity contribution in [2.24, 2.45) is 0 Å². The summed E-state index contributed by atoms with van der Waals surface area (Å²) in [5.74, 6) is -1.05. The van der Waals surface area contributed by atoms with Crippen LogP contribution in [0.25, 0.3) is 0 Å². The van der Waals surface area contributed by atoms with Gasteiger partial charge in [-0.25, -0.2) is 4.79 Å². The highest BCUT2D eigenvalue weighted by Crippen LogP contribution is 2.08. The second-order valence-corrected chi connectivity index (χ2v) is 3.71. The summed E-state index contributed by atoms with van der Waals surface area (Å²) in [6, 6.07) is 0. The Balaban J connectivity index is 4.88. The van der Waals surface area contributed by atoms with Crippen molar-refractivity contribution in [2.45, 2.75) is 19.8 Å². The average molecular weight is 208 g/mol. The predicted octanol–water partition coefficient (Wildman–Crippen LogP) is 0.731. The Morgan fingerprint density at radius 1 is 1.54 bits per heavy atom. The Labute approximate surface area is 77.1 Å². The molecule has 0 fully saturated rings. The zero-order valence-corrected chi connectivity index (χ0v) is 8.30. The first kappa shape index (κ1) is 12.1. The smallest absolute Gasteiger partial charge is 0.351 e. The van der Waals surface area contributed by atoms with Gasteiger partial charge < -0.3 is 4.74 Å². The average Bonchev–Trinajstić information content (AvgIpc) is 2.02. The molecule has 0 aromatic carbocycles. The minimum atomic E-state index is -4.46. The van der Waals surface area contributed by atoms with Gasteiger partial charge in [-0.1, -0.05) is 19.4 Å². The standard InChI is InChI=1S/C7H12O5S/c1-3-4-5-6(7(8)12-2)13(9,10)11/h5H,3-4H2,1-2H3,(H,9,10,11). The van der Waals surface area contributed by atoms with Crippen molar-refractivity contribution in [1.82, 2.24) is 0 Å². The highest BCUT2D eigenvalue weighted by molar-refractivity contribution is 7.90. The highest BCUT2D eigenvalue weighted by Gasteiger charge is 2.22. The number of hydrogen-bond donors (Lipinski definition) is 1. The molecule has 0 saturated heterocycles. The van der Waals surface area contributed by atoms with Crippen LogP contribution in [-0.4, -0.2) is 26.0 Å². The van der Waals surface area contributed by atoms with Gasteiger partial charge in [-0.15, -0.1) is 0 Å². The summed E-state index contributed by atoms with van der Waals surface area (Å²) in [5.41, 5.74) is 0. The van der Waals surface area contributed by atoms with Gasteiger partial charge in [-0.05, 0) is 6.42 Å². The van der Waals surface area contributed by atoms with Gasteiger partial charge >= 0.3 is 16.1 Å². The fourth-order valence-corrected chi connectivity index (χ4v) is 1.29. The normalized spacial score (nSPS) is 12.7. The van der Waals surface area contributed by atoms with Crippen molar-refractivity contribution >= 4 is 16.1 Å². The monoisotopic (exact) mass is 208 g/mol. The molecule has 76 valence electrons. The van der Waals surface area contributed by atoms with Gasteiger partial charge in [0.25, 0.3) is 0 Å². The van der Waals surface area contributed by atoms with Gasteiger partial charge in [0.1, 0.15) is 0 Å². The number of esters is 1. The molecule has 0 atom stereocenters. The van der Waals surface area contributed by atoms with E-state index in [9.17, 15) is 13.2 Å². The summed E-state index contributed by atoms with van der Waals surface area (Å²) in [4.78, 5) is 10.1. The Hall–Kier alpha value is -0.880. The number of carbonyl (C=O) groups is 1. The molecule has 0 aromatic rings. The van der Waals surface area contributed by atoms with Crippen LogP contribution in [0.15, 0.2) is 11.0 Å². The Bertz CT molecular complexity index is 301. The molecule has 0 amide bonds. The van der Waals surface area contributed by atoms with Crippen LogP contribution >= 0.6 is 0 Å². The Morgan fingerprint density at radius 2 is 2.08 bits per heavy atom. The maximum absolute atomic E-state index is 10.8. The van der Waals surface area contributed by atoms with E-state index in [0.717, 1.165) is 13.2 Å². The van der Waals surface area contributed by atoms with Crippen molar-refractivity contribution < 1.29 is 22.5 Å². The number of carbonyl (C=O) groups excluding carboxylic acids is 1. The fourth-order valence-electron chi connectivity index (χ4n) is 0.670. The van der Waals surface area contributed by atoms with Crippen molar-refractivity contribution in [1.29, 1.82) is 0 Å². The summed E-state index contributed by atoms with van der Waals surface area (Å²) < 4.78 is 34.0. The molecule has 0 aliphatic rings. The second-order valence-electron chi connectivity index (χ2n) is 2.32.